The fourth-order valence-corrected chi connectivity index (χ4v) is 4.38. The Bertz CT molecular complexity index is 542. The van der Waals surface area contributed by atoms with Crippen LogP contribution >= 0.6 is 0 Å². The minimum Gasteiger partial charge on any atom is -0.379 e. The van der Waals surface area contributed by atoms with Gasteiger partial charge in [0.1, 0.15) is 18.0 Å². The van der Waals surface area contributed by atoms with E-state index >= 15 is 0 Å². The van der Waals surface area contributed by atoms with Crippen molar-refractivity contribution in [3.05, 3.63) is 12.4 Å². The molecule has 0 amide bonds. The second-order valence-corrected chi connectivity index (χ2v) is 7.65. The van der Waals surface area contributed by atoms with Gasteiger partial charge >= 0.3 is 0 Å². The van der Waals surface area contributed by atoms with Crippen LogP contribution in [-0.4, -0.2) is 73.9 Å². The first-order valence-corrected chi connectivity index (χ1v) is 10.0. The zero-order chi connectivity index (χ0) is 16.9. The predicted octanol–water partition coefficient (Wildman–Crippen LogP) is 2.02. The molecule has 3 aliphatic rings. The van der Waals surface area contributed by atoms with E-state index in [1.54, 1.807) is 6.33 Å². The molecule has 1 atom stereocenters. The molecule has 3 fully saturated rings. The maximum atomic E-state index is 5.48. The zero-order valence-corrected chi connectivity index (χ0v) is 15.3. The monoisotopic (exact) mass is 345 g/mol. The van der Waals surface area contributed by atoms with Gasteiger partial charge in [-0.1, -0.05) is 0 Å². The summed E-state index contributed by atoms with van der Waals surface area (Å²) in [4.78, 5) is 16.6. The molecule has 0 N–H and O–H groups in total. The average molecular weight is 345 g/mol. The molecule has 0 spiro atoms. The molecule has 6 nitrogen and oxygen atoms in total. The number of aromatic nitrogens is 2. The van der Waals surface area contributed by atoms with Crippen LogP contribution in [0, 0.1) is 5.92 Å². The molecule has 0 saturated carbocycles. The number of rotatable bonds is 4. The molecule has 0 radical (unpaired) electrons. The van der Waals surface area contributed by atoms with Crippen molar-refractivity contribution in [2.24, 2.45) is 5.92 Å². The molecule has 0 aliphatic carbocycles. The quantitative estimate of drug-likeness (QED) is 0.832. The molecule has 1 unspecified atom stereocenters. The fourth-order valence-electron chi connectivity index (χ4n) is 4.38. The van der Waals surface area contributed by atoms with Crippen LogP contribution in [0.25, 0.3) is 0 Å². The van der Waals surface area contributed by atoms with Gasteiger partial charge in [-0.3, -0.25) is 4.90 Å². The van der Waals surface area contributed by atoms with Gasteiger partial charge in [0, 0.05) is 51.9 Å². The Morgan fingerprint density at radius 3 is 2.40 bits per heavy atom. The smallest absolute Gasteiger partial charge is 0.134 e. The van der Waals surface area contributed by atoms with Crippen LogP contribution in [-0.2, 0) is 4.74 Å². The van der Waals surface area contributed by atoms with E-state index in [1.165, 1.54) is 38.6 Å². The van der Waals surface area contributed by atoms with E-state index in [1.807, 2.05) is 0 Å². The van der Waals surface area contributed by atoms with Gasteiger partial charge in [-0.2, -0.15) is 0 Å². The highest BCUT2D eigenvalue weighted by Gasteiger charge is 2.24. The van der Waals surface area contributed by atoms with Crippen molar-refractivity contribution in [2.75, 3.05) is 68.8 Å². The van der Waals surface area contributed by atoms with Gasteiger partial charge < -0.3 is 14.5 Å². The molecular weight excluding hydrogens is 314 g/mol. The molecule has 3 aliphatic heterocycles. The van der Waals surface area contributed by atoms with Crippen molar-refractivity contribution < 1.29 is 4.74 Å². The third-order valence-electron chi connectivity index (χ3n) is 5.78. The van der Waals surface area contributed by atoms with Crippen molar-refractivity contribution in [1.29, 1.82) is 0 Å². The normalized spacial score (nSPS) is 26.0. The molecule has 1 aromatic rings. The Balaban J connectivity index is 1.38. The summed E-state index contributed by atoms with van der Waals surface area (Å²) in [6.07, 6.45) is 8.26. The van der Waals surface area contributed by atoms with Crippen LogP contribution in [0.1, 0.15) is 32.1 Å². The number of ether oxygens (including phenoxy) is 1. The van der Waals surface area contributed by atoms with Crippen molar-refractivity contribution in [3.8, 4) is 0 Å². The summed E-state index contributed by atoms with van der Waals surface area (Å²) >= 11 is 0. The summed E-state index contributed by atoms with van der Waals surface area (Å²) in [5.41, 5.74) is 0. The molecule has 4 heterocycles. The second-order valence-electron chi connectivity index (χ2n) is 7.65. The highest BCUT2D eigenvalue weighted by Crippen LogP contribution is 2.25. The maximum Gasteiger partial charge on any atom is 0.134 e. The first kappa shape index (κ1) is 17.0. The molecule has 0 aromatic carbocycles. The van der Waals surface area contributed by atoms with E-state index in [-0.39, 0.29) is 0 Å². The topological polar surface area (TPSA) is 44.7 Å². The van der Waals surface area contributed by atoms with Crippen LogP contribution in [0.15, 0.2) is 12.4 Å². The highest BCUT2D eigenvalue weighted by molar-refractivity contribution is 5.50. The summed E-state index contributed by atoms with van der Waals surface area (Å²) in [6, 6.07) is 2.21. The zero-order valence-electron chi connectivity index (χ0n) is 15.3. The van der Waals surface area contributed by atoms with Gasteiger partial charge in [0.25, 0.3) is 0 Å². The lowest BCUT2D eigenvalue weighted by Gasteiger charge is -2.37. The molecular formula is C19H31N5O. The van der Waals surface area contributed by atoms with Gasteiger partial charge in [-0.05, 0) is 38.0 Å². The van der Waals surface area contributed by atoms with Crippen LogP contribution in [0.2, 0.25) is 0 Å². The average Bonchev–Trinajstić information content (AvgIpc) is 2.70. The largest absolute Gasteiger partial charge is 0.379 e. The van der Waals surface area contributed by atoms with Gasteiger partial charge in [-0.15, -0.1) is 0 Å². The van der Waals surface area contributed by atoms with Crippen molar-refractivity contribution in [3.63, 3.8) is 0 Å². The van der Waals surface area contributed by atoms with E-state index in [0.717, 1.165) is 70.0 Å². The Kier molecular flexibility index (Phi) is 5.67. The van der Waals surface area contributed by atoms with Crippen molar-refractivity contribution in [1.82, 2.24) is 14.9 Å². The Hall–Kier alpha value is -1.40. The Morgan fingerprint density at radius 2 is 1.60 bits per heavy atom. The molecule has 3 saturated heterocycles. The fraction of sp³-hybridized carbons (Fsp3) is 0.789. The number of hydrogen-bond acceptors (Lipinski definition) is 6. The SMILES string of the molecule is c1nc(N2CCCCC2)cc(N2CCCC(CN3CCOCC3)C2)n1. The Labute approximate surface area is 151 Å². The van der Waals surface area contributed by atoms with Gasteiger partial charge in [0.15, 0.2) is 0 Å². The lowest BCUT2D eigenvalue weighted by atomic mass is 9.97. The summed E-state index contributed by atoms with van der Waals surface area (Å²) in [5, 5.41) is 0. The maximum absolute atomic E-state index is 5.48. The highest BCUT2D eigenvalue weighted by atomic mass is 16.5. The van der Waals surface area contributed by atoms with E-state index in [4.69, 9.17) is 4.74 Å². The van der Waals surface area contributed by atoms with E-state index < -0.39 is 0 Å². The van der Waals surface area contributed by atoms with E-state index in [0.29, 0.717) is 0 Å². The predicted molar refractivity (Wildman–Crippen MR) is 100 cm³/mol. The van der Waals surface area contributed by atoms with Gasteiger partial charge in [-0.25, -0.2) is 9.97 Å². The summed E-state index contributed by atoms with van der Waals surface area (Å²) in [5.74, 6) is 2.96. The standard InChI is InChI=1S/C19H31N5O/c1-2-6-23(7-3-1)18-13-19(21-16-20-18)24-8-4-5-17(15-24)14-22-9-11-25-12-10-22/h13,16-17H,1-12,14-15H2. The minimum absolute atomic E-state index is 0.736. The number of nitrogens with zero attached hydrogens (tertiary/aromatic N) is 5. The van der Waals surface area contributed by atoms with Crippen LogP contribution in [0.5, 0.6) is 0 Å². The summed E-state index contributed by atoms with van der Waals surface area (Å²) in [6.45, 7) is 9.66. The number of anilines is 2. The number of piperidine rings is 2. The molecule has 138 valence electrons. The summed E-state index contributed by atoms with van der Waals surface area (Å²) in [7, 11) is 0. The molecule has 0 bridgehead atoms. The van der Waals surface area contributed by atoms with Crippen LogP contribution < -0.4 is 9.80 Å². The van der Waals surface area contributed by atoms with E-state index in [2.05, 4.69) is 30.7 Å². The first-order valence-electron chi connectivity index (χ1n) is 10.0. The van der Waals surface area contributed by atoms with Crippen LogP contribution in [0.4, 0.5) is 11.6 Å². The van der Waals surface area contributed by atoms with E-state index in [9.17, 15) is 0 Å². The van der Waals surface area contributed by atoms with Crippen LogP contribution in [0.3, 0.4) is 0 Å². The van der Waals surface area contributed by atoms with Gasteiger partial charge in [0.2, 0.25) is 0 Å². The third-order valence-corrected chi connectivity index (χ3v) is 5.78. The summed E-state index contributed by atoms with van der Waals surface area (Å²) < 4.78 is 5.48. The second kappa shape index (κ2) is 8.32. The Morgan fingerprint density at radius 1 is 0.880 bits per heavy atom. The molecule has 25 heavy (non-hydrogen) atoms. The molecule has 6 heteroatoms. The lowest BCUT2D eigenvalue weighted by molar-refractivity contribution is 0.0296. The third kappa shape index (κ3) is 4.42. The van der Waals surface area contributed by atoms with Crippen molar-refractivity contribution in [2.45, 2.75) is 32.1 Å². The number of hydrogen-bond donors (Lipinski definition) is 0. The van der Waals surface area contributed by atoms with Gasteiger partial charge in [0.05, 0.1) is 13.2 Å². The minimum atomic E-state index is 0.736. The number of morpholine rings is 1. The molecule has 1 aromatic heterocycles. The molecule has 4 rings (SSSR count). The first-order chi connectivity index (χ1) is 12.4. The van der Waals surface area contributed by atoms with Crippen molar-refractivity contribution >= 4 is 11.6 Å². The lowest BCUT2D eigenvalue weighted by Crippen LogP contribution is -2.44.